The minimum Gasteiger partial charge on any atom is -0.385 e. The van der Waals surface area contributed by atoms with Gasteiger partial charge < -0.3 is 10.5 Å². The Morgan fingerprint density at radius 1 is 1.33 bits per heavy atom. The van der Waals surface area contributed by atoms with Crippen molar-refractivity contribution in [3.05, 3.63) is 40.7 Å². The van der Waals surface area contributed by atoms with Gasteiger partial charge in [0, 0.05) is 12.5 Å². The number of nitrogens with two attached hydrogens (primary N) is 1. The van der Waals surface area contributed by atoms with Gasteiger partial charge in [-0.3, -0.25) is 9.36 Å². The molecule has 0 spiro atoms. The van der Waals surface area contributed by atoms with E-state index in [1.54, 1.807) is 11.7 Å². The maximum atomic E-state index is 12.5. The van der Waals surface area contributed by atoms with E-state index in [9.17, 15) is 4.79 Å². The molecular formula is C14H18N2O2. The van der Waals surface area contributed by atoms with Crippen molar-refractivity contribution >= 4 is 16.6 Å². The maximum Gasteiger partial charge on any atom is 0.260 e. The van der Waals surface area contributed by atoms with Crippen molar-refractivity contribution in [2.75, 3.05) is 19.5 Å². The summed E-state index contributed by atoms with van der Waals surface area (Å²) in [5.41, 5.74) is 5.46. The van der Waals surface area contributed by atoms with Crippen molar-refractivity contribution in [1.29, 1.82) is 0 Å². The van der Waals surface area contributed by atoms with Crippen LogP contribution in [0.5, 0.6) is 0 Å². The molecule has 2 aromatic rings. The third kappa shape index (κ3) is 1.99. The summed E-state index contributed by atoms with van der Waals surface area (Å²) in [4.78, 5) is 12.5. The van der Waals surface area contributed by atoms with Gasteiger partial charge >= 0.3 is 0 Å². The fourth-order valence-corrected chi connectivity index (χ4v) is 2.32. The Bertz CT molecular complexity index is 629. The molecule has 96 valence electrons. The second-order valence-corrected chi connectivity index (χ2v) is 5.04. The van der Waals surface area contributed by atoms with E-state index in [2.05, 4.69) is 0 Å². The predicted octanol–water partition coefficient (Wildman–Crippen LogP) is 1.97. The van der Waals surface area contributed by atoms with Crippen LogP contribution in [0.25, 0.3) is 10.8 Å². The van der Waals surface area contributed by atoms with Crippen LogP contribution in [-0.4, -0.2) is 18.3 Å². The van der Waals surface area contributed by atoms with Crippen LogP contribution in [-0.2, 0) is 10.3 Å². The lowest BCUT2D eigenvalue weighted by atomic mass is 10.0. The fourth-order valence-electron chi connectivity index (χ4n) is 2.32. The molecule has 1 heterocycles. The number of ether oxygens (including phenoxy) is 1. The van der Waals surface area contributed by atoms with E-state index in [1.807, 2.05) is 44.2 Å². The van der Waals surface area contributed by atoms with Crippen molar-refractivity contribution in [2.45, 2.75) is 19.4 Å². The lowest BCUT2D eigenvalue weighted by Crippen LogP contribution is -2.41. The number of nitrogen functional groups attached to an aromatic ring is 1. The Morgan fingerprint density at radius 2 is 2.00 bits per heavy atom. The summed E-state index contributed by atoms with van der Waals surface area (Å²) in [6, 6.07) is 9.28. The van der Waals surface area contributed by atoms with Crippen molar-refractivity contribution < 1.29 is 4.74 Å². The number of fused-ring (bicyclic) bond motifs is 1. The zero-order valence-corrected chi connectivity index (χ0v) is 10.9. The summed E-state index contributed by atoms with van der Waals surface area (Å²) < 4.78 is 6.76. The van der Waals surface area contributed by atoms with Crippen molar-refractivity contribution in [3.8, 4) is 0 Å². The second-order valence-electron chi connectivity index (χ2n) is 5.04. The first-order chi connectivity index (χ1) is 8.47. The summed E-state index contributed by atoms with van der Waals surface area (Å²) in [6.45, 7) is 4.29. The van der Waals surface area contributed by atoms with Crippen LogP contribution < -0.4 is 11.3 Å². The first-order valence-corrected chi connectivity index (χ1v) is 5.87. The van der Waals surface area contributed by atoms with Gasteiger partial charge in [0.15, 0.2) is 0 Å². The number of benzene rings is 1. The number of rotatable bonds is 3. The topological polar surface area (TPSA) is 57.2 Å². The van der Waals surface area contributed by atoms with Crippen LogP contribution in [0.15, 0.2) is 35.1 Å². The van der Waals surface area contributed by atoms with Crippen molar-refractivity contribution in [1.82, 2.24) is 4.57 Å². The number of hydrogen-bond donors (Lipinski definition) is 1. The molecule has 0 radical (unpaired) electrons. The average molecular weight is 246 g/mol. The monoisotopic (exact) mass is 246 g/mol. The number of hydrogen-bond acceptors (Lipinski definition) is 3. The van der Waals surface area contributed by atoms with Crippen LogP contribution in [0, 0.1) is 0 Å². The van der Waals surface area contributed by atoms with E-state index < -0.39 is 5.54 Å². The third-order valence-corrected chi connectivity index (χ3v) is 3.06. The summed E-state index contributed by atoms with van der Waals surface area (Å²) >= 11 is 0. The van der Waals surface area contributed by atoms with E-state index >= 15 is 0 Å². The molecule has 0 aliphatic heterocycles. The van der Waals surface area contributed by atoms with Crippen LogP contribution in [0.2, 0.25) is 0 Å². The maximum absolute atomic E-state index is 12.5. The predicted molar refractivity (Wildman–Crippen MR) is 73.8 cm³/mol. The standard InChI is InChI=1S/C14H18N2O2/c1-14(2,9-18-3)16-12(15)8-10-6-4-5-7-11(10)13(16)17/h4-8H,9,15H2,1-3H3. The van der Waals surface area contributed by atoms with Crippen LogP contribution in [0.1, 0.15) is 13.8 Å². The first-order valence-electron chi connectivity index (χ1n) is 5.87. The minimum atomic E-state index is -0.472. The molecular weight excluding hydrogens is 228 g/mol. The highest BCUT2D eigenvalue weighted by atomic mass is 16.5. The van der Waals surface area contributed by atoms with E-state index in [4.69, 9.17) is 10.5 Å². The lowest BCUT2D eigenvalue weighted by Gasteiger charge is -2.28. The van der Waals surface area contributed by atoms with Gasteiger partial charge in [-0.15, -0.1) is 0 Å². The quantitative estimate of drug-likeness (QED) is 0.900. The van der Waals surface area contributed by atoms with Gasteiger partial charge in [0.1, 0.15) is 5.82 Å². The number of methoxy groups -OCH3 is 1. The molecule has 0 saturated carbocycles. The smallest absolute Gasteiger partial charge is 0.260 e. The van der Waals surface area contributed by atoms with Gasteiger partial charge in [0.25, 0.3) is 5.56 Å². The first kappa shape index (κ1) is 12.6. The minimum absolute atomic E-state index is 0.0762. The average Bonchev–Trinajstić information content (AvgIpc) is 2.28. The van der Waals surface area contributed by atoms with Gasteiger partial charge in [-0.2, -0.15) is 0 Å². The van der Waals surface area contributed by atoms with Crippen molar-refractivity contribution in [2.24, 2.45) is 0 Å². The van der Waals surface area contributed by atoms with Gasteiger partial charge in [-0.1, -0.05) is 18.2 Å². The molecule has 4 nitrogen and oxygen atoms in total. The zero-order valence-electron chi connectivity index (χ0n) is 10.9. The Hall–Kier alpha value is -1.81. The molecule has 0 fully saturated rings. The van der Waals surface area contributed by atoms with E-state index in [0.717, 1.165) is 5.39 Å². The zero-order chi connectivity index (χ0) is 13.3. The normalized spacial score (nSPS) is 11.9. The van der Waals surface area contributed by atoms with Crippen LogP contribution in [0.4, 0.5) is 5.82 Å². The van der Waals surface area contributed by atoms with Gasteiger partial charge in [0.2, 0.25) is 0 Å². The van der Waals surface area contributed by atoms with Crippen LogP contribution in [0.3, 0.4) is 0 Å². The molecule has 0 aliphatic rings. The second kappa shape index (κ2) is 4.46. The number of anilines is 1. The SMILES string of the molecule is COCC(C)(C)n1c(N)cc2ccccc2c1=O. The van der Waals surface area contributed by atoms with Crippen molar-refractivity contribution in [3.63, 3.8) is 0 Å². The summed E-state index contributed by atoms with van der Waals surface area (Å²) in [6.07, 6.45) is 0. The molecule has 1 aromatic heterocycles. The third-order valence-electron chi connectivity index (χ3n) is 3.06. The number of pyridine rings is 1. The summed E-state index contributed by atoms with van der Waals surface area (Å²) in [5, 5.41) is 1.54. The Labute approximate surface area is 106 Å². The fraction of sp³-hybridized carbons (Fsp3) is 0.357. The molecule has 0 unspecified atom stereocenters. The lowest BCUT2D eigenvalue weighted by molar-refractivity contribution is 0.109. The molecule has 1 aromatic carbocycles. The molecule has 0 saturated heterocycles. The van der Waals surface area contributed by atoms with Crippen LogP contribution >= 0.6 is 0 Å². The molecule has 4 heteroatoms. The molecule has 0 amide bonds. The van der Waals surface area contributed by atoms with E-state index in [-0.39, 0.29) is 5.56 Å². The van der Waals surface area contributed by atoms with Gasteiger partial charge in [-0.05, 0) is 31.4 Å². The Kier molecular flexibility index (Phi) is 3.13. The number of nitrogens with zero attached hydrogens (tertiary/aromatic N) is 1. The molecule has 0 bridgehead atoms. The molecule has 18 heavy (non-hydrogen) atoms. The highest BCUT2D eigenvalue weighted by molar-refractivity contribution is 5.83. The summed E-state index contributed by atoms with van der Waals surface area (Å²) in [7, 11) is 1.62. The summed E-state index contributed by atoms with van der Waals surface area (Å²) in [5.74, 6) is 0.459. The van der Waals surface area contributed by atoms with Gasteiger partial charge in [0.05, 0.1) is 12.1 Å². The largest absolute Gasteiger partial charge is 0.385 e. The highest BCUT2D eigenvalue weighted by Gasteiger charge is 2.24. The molecule has 0 aliphatic carbocycles. The van der Waals surface area contributed by atoms with E-state index in [0.29, 0.717) is 17.8 Å². The molecule has 2 rings (SSSR count). The van der Waals surface area contributed by atoms with Gasteiger partial charge in [-0.25, -0.2) is 0 Å². The van der Waals surface area contributed by atoms with E-state index in [1.165, 1.54) is 0 Å². The highest BCUT2D eigenvalue weighted by Crippen LogP contribution is 2.21. The molecule has 2 N–H and O–H groups in total. The number of aromatic nitrogens is 1. The Morgan fingerprint density at radius 3 is 2.67 bits per heavy atom. The Balaban J connectivity index is 2.76. The molecule has 0 atom stereocenters.